The van der Waals surface area contributed by atoms with Crippen LogP contribution in [0.1, 0.15) is 24.4 Å². The topological polar surface area (TPSA) is 69.5 Å². The van der Waals surface area contributed by atoms with Crippen molar-refractivity contribution in [1.82, 2.24) is 19.7 Å². The molecule has 1 aromatic heterocycles. The molecule has 2 aromatic carbocycles. The van der Waals surface area contributed by atoms with Gasteiger partial charge in [0.1, 0.15) is 19.5 Å². The molecule has 154 valence electrons. The van der Waals surface area contributed by atoms with E-state index in [9.17, 15) is 4.79 Å². The van der Waals surface area contributed by atoms with E-state index in [0.717, 1.165) is 42.1 Å². The van der Waals surface area contributed by atoms with Crippen LogP contribution in [0.25, 0.3) is 5.69 Å². The maximum atomic E-state index is 13.1. The summed E-state index contributed by atoms with van der Waals surface area (Å²) in [5, 5.41) is 8.92. The number of hydrogen-bond donors (Lipinski definition) is 0. The molecule has 7 nitrogen and oxygen atoms in total. The highest BCUT2D eigenvalue weighted by atomic mass is 32.2. The van der Waals surface area contributed by atoms with Gasteiger partial charge in [-0.15, -0.1) is 10.2 Å². The number of ether oxygens (including phenoxy) is 2. The van der Waals surface area contributed by atoms with Crippen LogP contribution in [0.4, 0.5) is 0 Å². The van der Waals surface area contributed by atoms with E-state index < -0.39 is 0 Å². The lowest BCUT2D eigenvalue weighted by atomic mass is 10.0. The number of hydrogen-bond acceptors (Lipinski definition) is 6. The third-order valence-electron chi connectivity index (χ3n) is 5.40. The second kappa shape index (κ2) is 8.39. The summed E-state index contributed by atoms with van der Waals surface area (Å²) in [7, 11) is 0. The Morgan fingerprint density at radius 3 is 2.80 bits per heavy atom. The first-order valence-electron chi connectivity index (χ1n) is 10.1. The van der Waals surface area contributed by atoms with E-state index in [0.29, 0.717) is 24.1 Å². The lowest BCUT2D eigenvalue weighted by Crippen LogP contribution is -2.32. The van der Waals surface area contributed by atoms with Gasteiger partial charge >= 0.3 is 0 Å². The van der Waals surface area contributed by atoms with Crippen molar-refractivity contribution >= 4 is 17.7 Å². The smallest absolute Gasteiger partial charge is 0.233 e. The molecule has 8 heteroatoms. The van der Waals surface area contributed by atoms with E-state index in [4.69, 9.17) is 9.47 Å². The number of amides is 1. The van der Waals surface area contributed by atoms with Crippen molar-refractivity contribution in [2.45, 2.75) is 24.0 Å². The Morgan fingerprint density at radius 2 is 1.93 bits per heavy atom. The Morgan fingerprint density at radius 1 is 1.10 bits per heavy atom. The first-order chi connectivity index (χ1) is 14.8. The lowest BCUT2D eigenvalue weighted by Gasteiger charge is -2.26. The number of nitrogens with zero attached hydrogens (tertiary/aromatic N) is 4. The predicted molar refractivity (Wildman–Crippen MR) is 113 cm³/mol. The molecule has 2 aliphatic rings. The van der Waals surface area contributed by atoms with Crippen LogP contribution in [0.15, 0.2) is 60.0 Å². The van der Waals surface area contributed by atoms with Gasteiger partial charge in [0.25, 0.3) is 0 Å². The van der Waals surface area contributed by atoms with Crippen molar-refractivity contribution in [3.05, 3.63) is 60.4 Å². The number of carbonyl (C=O) groups excluding carboxylic acids is 1. The molecule has 0 spiro atoms. The Bertz CT molecular complexity index is 1040. The third kappa shape index (κ3) is 3.75. The molecule has 0 N–H and O–H groups in total. The van der Waals surface area contributed by atoms with Crippen LogP contribution in [0, 0.1) is 0 Å². The zero-order chi connectivity index (χ0) is 20.3. The summed E-state index contributed by atoms with van der Waals surface area (Å²) in [6.07, 6.45) is 3.63. The van der Waals surface area contributed by atoms with E-state index in [1.165, 1.54) is 11.8 Å². The summed E-state index contributed by atoms with van der Waals surface area (Å²) < 4.78 is 13.2. The van der Waals surface area contributed by atoms with Crippen LogP contribution in [0.5, 0.6) is 11.5 Å². The number of likely N-dealkylation sites (tertiary alicyclic amines) is 1. The molecule has 0 saturated carbocycles. The predicted octanol–water partition coefficient (Wildman–Crippen LogP) is 3.49. The highest BCUT2D eigenvalue weighted by Gasteiger charge is 2.31. The SMILES string of the molecule is O=C(CSc1nncn1-c1ccccc1)N1CCC[C@@H]1c1ccc2c(c1)OCCO2. The molecule has 5 rings (SSSR count). The average Bonchev–Trinajstić information content (AvgIpc) is 3.47. The fourth-order valence-electron chi connectivity index (χ4n) is 3.98. The van der Waals surface area contributed by atoms with Gasteiger partial charge in [-0.1, -0.05) is 36.0 Å². The van der Waals surface area contributed by atoms with Crippen LogP contribution < -0.4 is 9.47 Å². The minimum atomic E-state index is 0.0703. The van der Waals surface area contributed by atoms with Gasteiger partial charge in [-0.05, 0) is 42.7 Å². The largest absolute Gasteiger partial charge is 0.486 e. The molecule has 30 heavy (non-hydrogen) atoms. The minimum Gasteiger partial charge on any atom is -0.486 e. The quantitative estimate of drug-likeness (QED) is 0.586. The van der Waals surface area contributed by atoms with E-state index >= 15 is 0 Å². The number of benzene rings is 2. The number of aromatic nitrogens is 3. The highest BCUT2D eigenvalue weighted by Crippen LogP contribution is 2.38. The van der Waals surface area contributed by atoms with Crippen LogP contribution in [0.3, 0.4) is 0 Å². The summed E-state index contributed by atoms with van der Waals surface area (Å²) in [5.74, 6) is 1.98. The number of thioether (sulfide) groups is 1. The number of carbonyl (C=O) groups is 1. The van der Waals surface area contributed by atoms with Gasteiger partial charge in [0.2, 0.25) is 5.91 Å². The molecular formula is C22H22N4O3S. The summed E-state index contributed by atoms with van der Waals surface area (Å²) in [5.41, 5.74) is 2.08. The zero-order valence-corrected chi connectivity index (χ0v) is 17.3. The molecule has 3 aromatic rings. The van der Waals surface area contributed by atoms with Crippen molar-refractivity contribution in [3.8, 4) is 17.2 Å². The van der Waals surface area contributed by atoms with Crippen molar-refractivity contribution < 1.29 is 14.3 Å². The molecule has 0 bridgehead atoms. The lowest BCUT2D eigenvalue weighted by molar-refractivity contribution is -0.129. The Kier molecular flexibility index (Phi) is 5.31. The van der Waals surface area contributed by atoms with Crippen molar-refractivity contribution in [1.29, 1.82) is 0 Å². The van der Waals surface area contributed by atoms with E-state index in [1.807, 2.05) is 58.0 Å². The average molecular weight is 423 g/mol. The monoisotopic (exact) mass is 422 g/mol. The van der Waals surface area contributed by atoms with E-state index in [-0.39, 0.29) is 11.9 Å². The molecule has 1 amide bonds. The summed E-state index contributed by atoms with van der Waals surface area (Å²) in [6.45, 7) is 1.90. The van der Waals surface area contributed by atoms with Crippen LogP contribution >= 0.6 is 11.8 Å². The first kappa shape index (κ1) is 19.0. The molecule has 3 heterocycles. The van der Waals surface area contributed by atoms with Crippen molar-refractivity contribution in [3.63, 3.8) is 0 Å². The fourth-order valence-corrected chi connectivity index (χ4v) is 4.79. The minimum absolute atomic E-state index is 0.0703. The van der Waals surface area contributed by atoms with Gasteiger partial charge in [-0.3, -0.25) is 9.36 Å². The highest BCUT2D eigenvalue weighted by molar-refractivity contribution is 7.99. The van der Waals surface area contributed by atoms with E-state index in [2.05, 4.69) is 10.2 Å². The summed E-state index contributed by atoms with van der Waals surface area (Å²) >= 11 is 1.42. The molecular weight excluding hydrogens is 400 g/mol. The standard InChI is InChI=1S/C22H22N4O3S/c27-21(14-30-22-24-23-15-26(22)17-5-2-1-3-6-17)25-10-4-7-18(25)16-8-9-19-20(13-16)29-12-11-28-19/h1-3,5-6,8-9,13,15,18H,4,7,10-12,14H2/t18-/m1/s1. The molecule has 0 aliphatic carbocycles. The first-order valence-corrected chi connectivity index (χ1v) is 11.1. The zero-order valence-electron chi connectivity index (χ0n) is 16.4. The molecule has 1 saturated heterocycles. The normalized spacial score (nSPS) is 17.9. The van der Waals surface area contributed by atoms with Gasteiger partial charge in [-0.25, -0.2) is 0 Å². The van der Waals surface area contributed by atoms with E-state index in [1.54, 1.807) is 6.33 Å². The molecule has 0 unspecified atom stereocenters. The van der Waals surface area contributed by atoms with Crippen molar-refractivity contribution in [2.75, 3.05) is 25.5 Å². The second-order valence-electron chi connectivity index (χ2n) is 7.26. The van der Waals surface area contributed by atoms with Crippen LogP contribution in [-0.2, 0) is 4.79 Å². The third-order valence-corrected chi connectivity index (χ3v) is 6.33. The van der Waals surface area contributed by atoms with Gasteiger partial charge in [0.05, 0.1) is 11.8 Å². The number of fused-ring (bicyclic) bond motifs is 1. The van der Waals surface area contributed by atoms with Crippen molar-refractivity contribution in [2.24, 2.45) is 0 Å². The summed E-state index contributed by atoms with van der Waals surface area (Å²) in [4.78, 5) is 15.0. The molecule has 2 aliphatic heterocycles. The Balaban J connectivity index is 1.28. The van der Waals surface area contributed by atoms with Crippen LogP contribution in [0.2, 0.25) is 0 Å². The maximum absolute atomic E-state index is 13.1. The van der Waals surface area contributed by atoms with Gasteiger partial charge < -0.3 is 14.4 Å². The molecule has 1 fully saturated rings. The number of rotatable bonds is 5. The number of para-hydroxylation sites is 1. The van der Waals surface area contributed by atoms with Crippen LogP contribution in [-0.4, -0.2) is 51.1 Å². The Labute approximate surface area is 179 Å². The Hall–Kier alpha value is -3.00. The van der Waals surface area contributed by atoms with Gasteiger partial charge in [0, 0.05) is 12.2 Å². The van der Waals surface area contributed by atoms with Gasteiger partial charge in [0.15, 0.2) is 16.7 Å². The summed E-state index contributed by atoms with van der Waals surface area (Å²) in [6, 6.07) is 16.0. The fraction of sp³-hybridized carbons (Fsp3) is 0.318. The molecule has 1 atom stereocenters. The molecule has 0 radical (unpaired) electrons. The second-order valence-corrected chi connectivity index (χ2v) is 8.20. The maximum Gasteiger partial charge on any atom is 0.233 e. The van der Waals surface area contributed by atoms with Gasteiger partial charge in [-0.2, -0.15) is 0 Å².